The van der Waals surface area contributed by atoms with E-state index in [1.54, 1.807) is 6.08 Å². The maximum absolute atomic E-state index is 11.8. The first-order valence-electron chi connectivity index (χ1n) is 8.23. The Morgan fingerprint density at radius 2 is 1.76 bits per heavy atom. The van der Waals surface area contributed by atoms with Gasteiger partial charge in [-0.25, -0.2) is 0 Å². The van der Waals surface area contributed by atoms with E-state index >= 15 is 0 Å². The number of nitrogens with one attached hydrogen (secondary N) is 2. The normalized spacial score (nSPS) is 10.4. The van der Waals surface area contributed by atoms with E-state index in [2.05, 4.69) is 10.6 Å². The molecule has 0 unspecified atom stereocenters. The molecule has 2 aromatic carbocycles. The van der Waals surface area contributed by atoms with Crippen LogP contribution in [0.2, 0.25) is 0 Å². The molecule has 0 aliphatic rings. The zero-order chi connectivity index (χ0) is 17.9. The first kappa shape index (κ1) is 18.3. The van der Waals surface area contributed by atoms with Crippen LogP contribution >= 0.6 is 0 Å². The second-order valence-corrected chi connectivity index (χ2v) is 5.39. The predicted molar refractivity (Wildman–Crippen MR) is 98.3 cm³/mol. The van der Waals surface area contributed by atoms with Gasteiger partial charge in [0, 0.05) is 12.6 Å². The van der Waals surface area contributed by atoms with Crippen LogP contribution in [0, 0.1) is 0 Å². The molecule has 0 bridgehead atoms. The van der Waals surface area contributed by atoms with E-state index in [-0.39, 0.29) is 18.4 Å². The van der Waals surface area contributed by atoms with Gasteiger partial charge in [0.15, 0.2) is 0 Å². The Labute approximate surface area is 147 Å². The van der Waals surface area contributed by atoms with E-state index in [1.807, 2.05) is 61.5 Å². The van der Waals surface area contributed by atoms with Gasteiger partial charge in [0.2, 0.25) is 11.8 Å². The summed E-state index contributed by atoms with van der Waals surface area (Å²) >= 11 is 0. The summed E-state index contributed by atoms with van der Waals surface area (Å²) < 4.78 is 5.75. The quantitative estimate of drug-likeness (QED) is 0.727. The number of carbonyl (C=O) groups excluding carboxylic acids is 2. The summed E-state index contributed by atoms with van der Waals surface area (Å²) in [6, 6.07) is 16.9. The van der Waals surface area contributed by atoms with Gasteiger partial charge in [-0.3, -0.25) is 9.59 Å². The number of para-hydroxylation sites is 1. The van der Waals surface area contributed by atoms with Gasteiger partial charge < -0.3 is 15.4 Å². The highest BCUT2D eigenvalue weighted by Gasteiger charge is 2.02. The van der Waals surface area contributed by atoms with Crippen LogP contribution in [-0.4, -0.2) is 24.9 Å². The number of amides is 2. The number of ether oxygens (including phenoxy) is 1. The Hall–Kier alpha value is -3.08. The van der Waals surface area contributed by atoms with Crippen LogP contribution in [0.1, 0.15) is 18.9 Å². The van der Waals surface area contributed by atoms with Crippen LogP contribution in [-0.2, 0) is 9.59 Å². The molecule has 0 aromatic heterocycles. The molecule has 5 heteroatoms. The van der Waals surface area contributed by atoms with E-state index in [1.165, 1.54) is 6.08 Å². The van der Waals surface area contributed by atoms with Gasteiger partial charge in [-0.05, 0) is 42.3 Å². The highest BCUT2D eigenvalue weighted by molar-refractivity contribution is 5.94. The lowest BCUT2D eigenvalue weighted by molar-refractivity contribution is -0.123. The fourth-order valence-corrected chi connectivity index (χ4v) is 2.03. The van der Waals surface area contributed by atoms with Crippen molar-refractivity contribution in [3.05, 3.63) is 66.2 Å². The minimum Gasteiger partial charge on any atom is -0.457 e. The average molecular weight is 338 g/mol. The van der Waals surface area contributed by atoms with E-state index in [4.69, 9.17) is 4.74 Å². The highest BCUT2D eigenvalue weighted by Crippen LogP contribution is 2.22. The molecule has 130 valence electrons. The van der Waals surface area contributed by atoms with E-state index < -0.39 is 0 Å². The van der Waals surface area contributed by atoms with Crippen molar-refractivity contribution in [2.75, 3.05) is 13.1 Å². The van der Waals surface area contributed by atoms with Crippen LogP contribution in [0.5, 0.6) is 11.5 Å². The molecule has 0 fully saturated rings. The molecule has 2 N–H and O–H groups in total. The molecule has 0 aliphatic carbocycles. The zero-order valence-corrected chi connectivity index (χ0v) is 14.2. The molecular weight excluding hydrogens is 316 g/mol. The second kappa shape index (κ2) is 9.93. The standard InChI is InChI=1S/C20H22N2O3/c1-2-13-21-20(24)15-22-19(23)12-11-16-7-6-10-18(14-16)25-17-8-4-3-5-9-17/h3-12,14H,2,13,15H2,1H3,(H,21,24)(H,22,23)/b12-11+. The lowest BCUT2D eigenvalue weighted by Crippen LogP contribution is -2.36. The van der Waals surface area contributed by atoms with Crippen molar-refractivity contribution in [1.29, 1.82) is 0 Å². The largest absolute Gasteiger partial charge is 0.457 e. The molecule has 5 nitrogen and oxygen atoms in total. The van der Waals surface area contributed by atoms with Gasteiger partial charge in [0.05, 0.1) is 6.54 Å². The van der Waals surface area contributed by atoms with Crippen molar-refractivity contribution in [2.24, 2.45) is 0 Å². The SMILES string of the molecule is CCCNC(=O)CNC(=O)/C=C/c1cccc(Oc2ccccc2)c1. The van der Waals surface area contributed by atoms with Gasteiger partial charge >= 0.3 is 0 Å². The number of carbonyl (C=O) groups is 2. The summed E-state index contributed by atoms with van der Waals surface area (Å²) in [6.45, 7) is 2.55. The van der Waals surface area contributed by atoms with Gasteiger partial charge in [-0.1, -0.05) is 37.3 Å². The average Bonchev–Trinajstić information content (AvgIpc) is 2.64. The fraction of sp³-hybridized carbons (Fsp3) is 0.200. The van der Waals surface area contributed by atoms with Crippen molar-refractivity contribution < 1.29 is 14.3 Å². The topological polar surface area (TPSA) is 67.4 Å². The summed E-state index contributed by atoms with van der Waals surface area (Å²) in [5.74, 6) is 0.926. The smallest absolute Gasteiger partial charge is 0.244 e. The van der Waals surface area contributed by atoms with Crippen LogP contribution in [0.3, 0.4) is 0 Å². The molecule has 0 spiro atoms. The Balaban J connectivity index is 1.87. The third kappa shape index (κ3) is 6.91. The molecule has 0 aliphatic heterocycles. The minimum atomic E-state index is -0.318. The third-order valence-electron chi connectivity index (χ3n) is 3.26. The molecular formula is C20H22N2O3. The van der Waals surface area contributed by atoms with Crippen molar-refractivity contribution in [2.45, 2.75) is 13.3 Å². The summed E-state index contributed by atoms with van der Waals surface area (Å²) in [4.78, 5) is 23.2. The molecule has 0 saturated carbocycles. The lowest BCUT2D eigenvalue weighted by atomic mass is 10.2. The van der Waals surface area contributed by atoms with Gasteiger partial charge in [-0.15, -0.1) is 0 Å². The molecule has 2 amide bonds. The molecule has 2 rings (SSSR count). The van der Waals surface area contributed by atoms with Crippen LogP contribution < -0.4 is 15.4 Å². The van der Waals surface area contributed by atoms with Crippen LogP contribution in [0.15, 0.2) is 60.7 Å². The molecule has 0 atom stereocenters. The predicted octanol–water partition coefficient (Wildman–Crippen LogP) is 3.13. The van der Waals surface area contributed by atoms with Gasteiger partial charge in [-0.2, -0.15) is 0 Å². The van der Waals surface area contributed by atoms with Crippen LogP contribution in [0.25, 0.3) is 6.08 Å². The summed E-state index contributed by atoms with van der Waals surface area (Å²) in [6.07, 6.45) is 3.94. The number of hydrogen-bond donors (Lipinski definition) is 2. The van der Waals surface area contributed by atoms with Crippen molar-refractivity contribution >= 4 is 17.9 Å². The van der Waals surface area contributed by atoms with Crippen molar-refractivity contribution in [1.82, 2.24) is 10.6 Å². The fourth-order valence-electron chi connectivity index (χ4n) is 2.03. The van der Waals surface area contributed by atoms with E-state index in [0.29, 0.717) is 12.3 Å². The molecule has 0 radical (unpaired) electrons. The number of rotatable bonds is 8. The maximum Gasteiger partial charge on any atom is 0.244 e. The summed E-state index contributed by atoms with van der Waals surface area (Å²) in [7, 11) is 0. The van der Waals surface area contributed by atoms with Gasteiger partial charge in [0.25, 0.3) is 0 Å². The van der Waals surface area contributed by atoms with Gasteiger partial charge in [0.1, 0.15) is 11.5 Å². The first-order valence-corrected chi connectivity index (χ1v) is 8.23. The third-order valence-corrected chi connectivity index (χ3v) is 3.26. The molecule has 2 aromatic rings. The Kier molecular flexibility index (Phi) is 7.25. The zero-order valence-electron chi connectivity index (χ0n) is 14.2. The number of benzene rings is 2. The monoisotopic (exact) mass is 338 g/mol. The van der Waals surface area contributed by atoms with Crippen molar-refractivity contribution in [3.8, 4) is 11.5 Å². The lowest BCUT2D eigenvalue weighted by Gasteiger charge is -2.06. The maximum atomic E-state index is 11.8. The van der Waals surface area contributed by atoms with Crippen LogP contribution in [0.4, 0.5) is 0 Å². The number of hydrogen-bond acceptors (Lipinski definition) is 3. The van der Waals surface area contributed by atoms with Crippen molar-refractivity contribution in [3.63, 3.8) is 0 Å². The first-order chi connectivity index (χ1) is 12.2. The Morgan fingerprint density at radius 3 is 2.52 bits per heavy atom. The molecule has 25 heavy (non-hydrogen) atoms. The Morgan fingerprint density at radius 1 is 1.00 bits per heavy atom. The molecule has 0 heterocycles. The highest BCUT2D eigenvalue weighted by atomic mass is 16.5. The summed E-state index contributed by atoms with van der Waals surface area (Å²) in [5.41, 5.74) is 0.832. The van der Waals surface area contributed by atoms with E-state index in [0.717, 1.165) is 17.7 Å². The Bertz CT molecular complexity index is 727. The molecule has 0 saturated heterocycles. The summed E-state index contributed by atoms with van der Waals surface area (Å²) in [5, 5.41) is 5.24. The van der Waals surface area contributed by atoms with E-state index in [9.17, 15) is 9.59 Å². The second-order valence-electron chi connectivity index (χ2n) is 5.39. The minimum absolute atomic E-state index is 0.0274.